The first-order valence-electron chi connectivity index (χ1n) is 8.81. The van der Waals surface area contributed by atoms with E-state index in [1.807, 2.05) is 0 Å². The molecule has 2 N–H and O–H groups in total. The van der Waals surface area contributed by atoms with Gasteiger partial charge in [-0.15, -0.1) is 0 Å². The Morgan fingerprint density at radius 2 is 1.80 bits per heavy atom. The molecular weight excluding hydrogens is 248 g/mol. The number of hydrogen-bond donors (Lipinski definition) is 1. The van der Waals surface area contributed by atoms with E-state index in [9.17, 15) is 0 Å². The van der Waals surface area contributed by atoms with Gasteiger partial charge in [0.25, 0.3) is 0 Å². The van der Waals surface area contributed by atoms with Gasteiger partial charge in [-0.1, -0.05) is 32.6 Å². The number of rotatable bonds is 3. The summed E-state index contributed by atoms with van der Waals surface area (Å²) in [5.41, 5.74) is 7.20. The molecule has 0 bridgehead atoms. The summed E-state index contributed by atoms with van der Waals surface area (Å²) in [6, 6.07) is 0.380. The molecule has 3 atom stereocenters. The van der Waals surface area contributed by atoms with Crippen LogP contribution in [0.3, 0.4) is 0 Å². The van der Waals surface area contributed by atoms with Gasteiger partial charge in [-0.2, -0.15) is 0 Å². The van der Waals surface area contributed by atoms with Crippen molar-refractivity contribution in [2.45, 2.75) is 69.9 Å². The Labute approximate surface area is 124 Å². The number of nitrogens with zero attached hydrogens (tertiary/aromatic N) is 1. The lowest BCUT2D eigenvalue weighted by Crippen LogP contribution is -2.63. The molecule has 3 fully saturated rings. The molecule has 0 spiro atoms. The Bertz CT molecular complexity index is 308. The van der Waals surface area contributed by atoms with Gasteiger partial charge in [-0.25, -0.2) is 0 Å². The quantitative estimate of drug-likeness (QED) is 0.864. The predicted octanol–water partition coefficient (Wildman–Crippen LogP) is 2.79. The van der Waals surface area contributed by atoms with Crippen LogP contribution in [0.4, 0.5) is 0 Å². The van der Waals surface area contributed by atoms with E-state index < -0.39 is 0 Å². The van der Waals surface area contributed by atoms with Crippen molar-refractivity contribution in [1.29, 1.82) is 0 Å². The lowest BCUT2D eigenvalue weighted by atomic mass is 9.71. The topological polar surface area (TPSA) is 38.5 Å². The molecule has 0 amide bonds. The monoisotopic (exact) mass is 280 g/mol. The van der Waals surface area contributed by atoms with Gasteiger partial charge in [-0.3, -0.25) is 4.90 Å². The number of morpholine rings is 1. The van der Waals surface area contributed by atoms with Crippen LogP contribution in [0.15, 0.2) is 0 Å². The zero-order chi connectivity index (χ0) is 14.0. The molecule has 0 radical (unpaired) electrons. The Hall–Kier alpha value is -0.120. The van der Waals surface area contributed by atoms with Crippen LogP contribution < -0.4 is 5.73 Å². The number of nitrogens with two attached hydrogens (primary N) is 1. The average molecular weight is 280 g/mol. The summed E-state index contributed by atoms with van der Waals surface area (Å²) in [4.78, 5) is 2.70. The zero-order valence-corrected chi connectivity index (χ0v) is 13.2. The van der Waals surface area contributed by atoms with E-state index in [2.05, 4.69) is 11.8 Å². The Morgan fingerprint density at radius 1 is 1.10 bits per heavy atom. The van der Waals surface area contributed by atoms with Crippen molar-refractivity contribution in [1.82, 2.24) is 4.90 Å². The van der Waals surface area contributed by atoms with E-state index in [0.29, 0.717) is 11.6 Å². The summed E-state index contributed by atoms with van der Waals surface area (Å²) in [5.74, 6) is 1.63. The minimum absolute atomic E-state index is 0.297. The average Bonchev–Trinajstić information content (AvgIpc) is 2.98. The minimum atomic E-state index is 0.297. The first kappa shape index (κ1) is 14.8. The third-order valence-corrected chi connectivity index (χ3v) is 6.22. The molecule has 3 nitrogen and oxygen atoms in total. The highest BCUT2D eigenvalue weighted by atomic mass is 16.5. The van der Waals surface area contributed by atoms with E-state index in [-0.39, 0.29) is 0 Å². The highest BCUT2D eigenvalue weighted by Crippen LogP contribution is 2.43. The molecule has 2 aliphatic carbocycles. The maximum atomic E-state index is 6.90. The van der Waals surface area contributed by atoms with Gasteiger partial charge in [0.2, 0.25) is 0 Å². The summed E-state index contributed by atoms with van der Waals surface area (Å²) in [7, 11) is 0. The van der Waals surface area contributed by atoms with E-state index >= 15 is 0 Å². The maximum Gasteiger partial charge on any atom is 0.0594 e. The molecule has 3 heteroatoms. The second-order valence-corrected chi connectivity index (χ2v) is 7.47. The fourth-order valence-electron chi connectivity index (χ4n) is 5.10. The van der Waals surface area contributed by atoms with Crippen molar-refractivity contribution in [3.63, 3.8) is 0 Å². The summed E-state index contributed by atoms with van der Waals surface area (Å²) < 4.78 is 5.56. The molecule has 0 aromatic heterocycles. The normalized spacial score (nSPS) is 36.9. The molecule has 3 aliphatic rings. The number of ether oxygens (including phenoxy) is 1. The zero-order valence-electron chi connectivity index (χ0n) is 13.2. The van der Waals surface area contributed by atoms with Crippen LogP contribution in [0.5, 0.6) is 0 Å². The van der Waals surface area contributed by atoms with Crippen molar-refractivity contribution in [3.8, 4) is 0 Å². The molecule has 1 heterocycles. The predicted molar refractivity (Wildman–Crippen MR) is 82.7 cm³/mol. The Morgan fingerprint density at radius 3 is 2.45 bits per heavy atom. The van der Waals surface area contributed by atoms with Gasteiger partial charge < -0.3 is 10.5 Å². The van der Waals surface area contributed by atoms with Gasteiger partial charge in [0.1, 0.15) is 0 Å². The van der Waals surface area contributed by atoms with Gasteiger partial charge in [0, 0.05) is 24.7 Å². The van der Waals surface area contributed by atoms with Crippen molar-refractivity contribution in [3.05, 3.63) is 0 Å². The third-order valence-electron chi connectivity index (χ3n) is 6.22. The molecule has 1 aliphatic heterocycles. The molecule has 2 saturated carbocycles. The number of hydrogen-bond acceptors (Lipinski definition) is 3. The van der Waals surface area contributed by atoms with Crippen molar-refractivity contribution in [2.24, 2.45) is 17.6 Å². The summed E-state index contributed by atoms with van der Waals surface area (Å²) in [6.45, 7) is 6.39. The van der Waals surface area contributed by atoms with Crippen LogP contribution in [0.25, 0.3) is 0 Å². The van der Waals surface area contributed by atoms with E-state index in [4.69, 9.17) is 10.5 Å². The molecule has 116 valence electrons. The largest absolute Gasteiger partial charge is 0.379 e. The van der Waals surface area contributed by atoms with Gasteiger partial charge in [0.15, 0.2) is 0 Å². The standard InChI is InChI=1S/C17H32N2O/c1-14-5-4-6-15(13-14)16(18)17(7-2-3-8-17)19-9-11-20-12-10-19/h14-16H,2-13,18H2,1H3. The van der Waals surface area contributed by atoms with Gasteiger partial charge in [0.05, 0.1) is 13.2 Å². The van der Waals surface area contributed by atoms with Gasteiger partial charge >= 0.3 is 0 Å². The van der Waals surface area contributed by atoms with Crippen molar-refractivity contribution >= 4 is 0 Å². The smallest absolute Gasteiger partial charge is 0.0594 e. The molecule has 3 rings (SSSR count). The van der Waals surface area contributed by atoms with Crippen LogP contribution in [-0.2, 0) is 4.74 Å². The van der Waals surface area contributed by atoms with Crippen molar-refractivity contribution in [2.75, 3.05) is 26.3 Å². The minimum Gasteiger partial charge on any atom is -0.379 e. The molecule has 0 aromatic rings. The van der Waals surface area contributed by atoms with E-state index in [1.54, 1.807) is 0 Å². The summed E-state index contributed by atoms with van der Waals surface area (Å²) in [5, 5.41) is 0. The summed E-state index contributed by atoms with van der Waals surface area (Å²) >= 11 is 0. The van der Waals surface area contributed by atoms with Crippen LogP contribution in [0.1, 0.15) is 58.3 Å². The first-order chi connectivity index (χ1) is 9.72. The van der Waals surface area contributed by atoms with Crippen LogP contribution in [0, 0.1) is 11.8 Å². The van der Waals surface area contributed by atoms with Crippen molar-refractivity contribution < 1.29 is 4.74 Å². The van der Waals surface area contributed by atoms with E-state index in [1.165, 1.54) is 51.4 Å². The molecule has 0 aromatic carbocycles. The highest BCUT2D eigenvalue weighted by Gasteiger charge is 2.47. The lowest BCUT2D eigenvalue weighted by molar-refractivity contribution is -0.0419. The molecule has 1 saturated heterocycles. The van der Waals surface area contributed by atoms with Crippen LogP contribution in [-0.4, -0.2) is 42.8 Å². The lowest BCUT2D eigenvalue weighted by Gasteiger charge is -2.50. The summed E-state index contributed by atoms with van der Waals surface area (Å²) in [6.07, 6.45) is 10.9. The third kappa shape index (κ3) is 2.77. The SMILES string of the molecule is CC1CCCC(C(N)C2(N3CCOCC3)CCCC2)C1. The van der Waals surface area contributed by atoms with Gasteiger partial charge in [-0.05, 0) is 37.5 Å². The molecular formula is C17H32N2O. The van der Waals surface area contributed by atoms with Crippen LogP contribution in [0.2, 0.25) is 0 Å². The second kappa shape index (κ2) is 6.33. The molecule has 3 unspecified atom stereocenters. The Balaban J connectivity index is 1.74. The fourth-order valence-corrected chi connectivity index (χ4v) is 5.10. The van der Waals surface area contributed by atoms with Crippen LogP contribution >= 0.6 is 0 Å². The molecule has 20 heavy (non-hydrogen) atoms. The second-order valence-electron chi connectivity index (χ2n) is 7.47. The highest BCUT2D eigenvalue weighted by molar-refractivity contribution is 5.05. The van der Waals surface area contributed by atoms with E-state index in [0.717, 1.165) is 38.1 Å². The first-order valence-corrected chi connectivity index (χ1v) is 8.81. The Kier molecular flexibility index (Phi) is 4.68. The maximum absolute atomic E-state index is 6.90. The fraction of sp³-hybridized carbons (Fsp3) is 1.00.